The molecule has 1 saturated heterocycles. The molecule has 23 heavy (non-hydrogen) atoms. The smallest absolute Gasteiger partial charge is 0.251 e. The van der Waals surface area contributed by atoms with E-state index in [4.69, 9.17) is 0 Å². The largest absolute Gasteiger partial charge is 0.348 e. The zero-order valence-corrected chi connectivity index (χ0v) is 13.7. The molecule has 0 radical (unpaired) electrons. The van der Waals surface area contributed by atoms with Crippen molar-refractivity contribution in [3.05, 3.63) is 57.3 Å². The molecular weight excluding hydrogens is 306 g/mol. The number of hydrogen-bond donors (Lipinski definition) is 1. The maximum atomic E-state index is 12.3. The van der Waals surface area contributed by atoms with Crippen LogP contribution in [0.3, 0.4) is 0 Å². The van der Waals surface area contributed by atoms with Gasteiger partial charge >= 0.3 is 0 Å². The van der Waals surface area contributed by atoms with Gasteiger partial charge in [-0.15, -0.1) is 11.3 Å². The molecule has 2 aromatic heterocycles. The molecule has 1 aliphatic heterocycles. The molecule has 3 heterocycles. The summed E-state index contributed by atoms with van der Waals surface area (Å²) in [6.07, 6.45) is 6.38. The number of thiazole rings is 1. The fourth-order valence-corrected chi connectivity index (χ4v) is 4.11. The number of aromatic nitrogens is 2. The van der Waals surface area contributed by atoms with E-state index < -0.39 is 0 Å². The highest BCUT2D eigenvalue weighted by atomic mass is 32.1. The maximum absolute atomic E-state index is 12.3. The number of H-pyrrole nitrogens is 1. The normalized spacial score (nSPS) is 15.2. The van der Waals surface area contributed by atoms with Gasteiger partial charge in [0.15, 0.2) is 5.13 Å². The number of nitrogens with zero attached hydrogens (tertiary/aromatic N) is 2. The van der Waals surface area contributed by atoms with Crippen molar-refractivity contribution < 1.29 is 0 Å². The summed E-state index contributed by atoms with van der Waals surface area (Å²) in [4.78, 5) is 23.3. The molecule has 0 atom stereocenters. The van der Waals surface area contributed by atoms with Crippen molar-refractivity contribution in [3.8, 4) is 0 Å². The van der Waals surface area contributed by atoms with Crippen LogP contribution in [0.15, 0.2) is 41.3 Å². The van der Waals surface area contributed by atoms with Crippen molar-refractivity contribution in [1.29, 1.82) is 0 Å². The van der Waals surface area contributed by atoms with E-state index in [1.54, 1.807) is 11.3 Å². The van der Waals surface area contributed by atoms with Gasteiger partial charge in [0.05, 0.1) is 0 Å². The number of fused-ring (bicyclic) bond motifs is 1. The van der Waals surface area contributed by atoms with E-state index in [9.17, 15) is 4.79 Å². The SMILES string of the molecule is O=c1[nH]c2ccccc2cc1Cc1cnc(N2CCCCC2)s1. The maximum Gasteiger partial charge on any atom is 0.251 e. The van der Waals surface area contributed by atoms with E-state index in [-0.39, 0.29) is 5.56 Å². The predicted molar refractivity (Wildman–Crippen MR) is 95.6 cm³/mol. The van der Waals surface area contributed by atoms with Gasteiger partial charge in [0.2, 0.25) is 0 Å². The van der Waals surface area contributed by atoms with Gasteiger partial charge in [-0.2, -0.15) is 0 Å². The molecule has 1 N–H and O–H groups in total. The highest BCUT2D eigenvalue weighted by Gasteiger charge is 2.15. The molecule has 0 amide bonds. The van der Waals surface area contributed by atoms with Gasteiger partial charge in [-0.1, -0.05) is 18.2 Å². The first-order valence-corrected chi connectivity index (χ1v) is 8.92. The number of aromatic amines is 1. The van der Waals surface area contributed by atoms with E-state index in [1.165, 1.54) is 19.3 Å². The number of nitrogens with one attached hydrogen (secondary N) is 1. The minimum absolute atomic E-state index is 0.00313. The standard InChI is InChI=1S/C18H19N3OS/c22-17-14(10-13-6-2-3-7-16(13)20-17)11-15-12-19-18(23-15)21-8-4-1-5-9-21/h2-3,6-7,10,12H,1,4-5,8-9,11H2,(H,20,22). The van der Waals surface area contributed by atoms with E-state index in [0.717, 1.165) is 39.6 Å². The Bertz CT molecular complexity index is 877. The number of piperidine rings is 1. The first-order valence-electron chi connectivity index (χ1n) is 8.10. The summed E-state index contributed by atoms with van der Waals surface area (Å²) >= 11 is 1.71. The van der Waals surface area contributed by atoms with Crippen molar-refractivity contribution in [3.63, 3.8) is 0 Å². The molecule has 1 aliphatic rings. The number of para-hydroxylation sites is 1. The van der Waals surface area contributed by atoms with E-state index in [0.29, 0.717) is 6.42 Å². The van der Waals surface area contributed by atoms with Gasteiger partial charge in [0.1, 0.15) is 0 Å². The first-order chi connectivity index (χ1) is 11.3. The zero-order valence-electron chi connectivity index (χ0n) is 12.9. The number of benzene rings is 1. The minimum atomic E-state index is -0.00313. The van der Waals surface area contributed by atoms with Crippen LogP contribution < -0.4 is 10.5 Å². The van der Waals surface area contributed by atoms with E-state index in [2.05, 4.69) is 14.9 Å². The van der Waals surface area contributed by atoms with Gasteiger partial charge in [0.25, 0.3) is 5.56 Å². The third-order valence-corrected chi connectivity index (χ3v) is 5.42. The van der Waals surface area contributed by atoms with Crippen LogP contribution in [0, 0.1) is 0 Å². The monoisotopic (exact) mass is 325 g/mol. The predicted octanol–water partition coefficient (Wildman–Crippen LogP) is 3.57. The van der Waals surface area contributed by atoms with E-state index in [1.807, 2.05) is 36.5 Å². The molecule has 5 heteroatoms. The summed E-state index contributed by atoms with van der Waals surface area (Å²) in [7, 11) is 0. The lowest BCUT2D eigenvalue weighted by Gasteiger charge is -2.25. The van der Waals surface area contributed by atoms with Crippen LogP contribution >= 0.6 is 11.3 Å². The molecule has 4 nitrogen and oxygen atoms in total. The fraction of sp³-hybridized carbons (Fsp3) is 0.333. The molecule has 0 spiro atoms. The summed E-state index contributed by atoms with van der Waals surface area (Å²) in [5.74, 6) is 0. The molecule has 0 unspecified atom stereocenters. The lowest BCUT2D eigenvalue weighted by molar-refractivity contribution is 0.577. The number of anilines is 1. The van der Waals surface area contributed by atoms with Crippen LogP contribution in [0.4, 0.5) is 5.13 Å². The van der Waals surface area contributed by atoms with Crippen LogP contribution in [0.5, 0.6) is 0 Å². The summed E-state index contributed by atoms with van der Waals surface area (Å²) in [6, 6.07) is 9.88. The lowest BCUT2D eigenvalue weighted by atomic mass is 10.1. The third kappa shape index (κ3) is 3.01. The Labute approximate surface area is 138 Å². The Morgan fingerprint density at radius 1 is 1.17 bits per heavy atom. The van der Waals surface area contributed by atoms with Gasteiger partial charge in [-0.05, 0) is 36.8 Å². The molecule has 0 aliphatic carbocycles. The topological polar surface area (TPSA) is 49.0 Å². The average Bonchev–Trinajstić information content (AvgIpc) is 3.05. The molecule has 4 rings (SSSR count). The van der Waals surface area contributed by atoms with Gasteiger partial charge in [-0.25, -0.2) is 4.98 Å². The third-order valence-electron chi connectivity index (χ3n) is 4.36. The summed E-state index contributed by atoms with van der Waals surface area (Å²) in [5.41, 5.74) is 1.69. The van der Waals surface area contributed by atoms with Crippen LogP contribution in [-0.4, -0.2) is 23.1 Å². The van der Waals surface area contributed by atoms with Gasteiger partial charge in [-0.3, -0.25) is 4.79 Å². The van der Waals surface area contributed by atoms with Gasteiger partial charge in [0, 0.05) is 41.7 Å². The van der Waals surface area contributed by atoms with Crippen LogP contribution in [-0.2, 0) is 6.42 Å². The highest BCUT2D eigenvalue weighted by Crippen LogP contribution is 2.26. The molecule has 0 saturated carbocycles. The van der Waals surface area contributed by atoms with Crippen molar-refractivity contribution >= 4 is 27.4 Å². The summed E-state index contributed by atoms with van der Waals surface area (Å²) in [6.45, 7) is 2.20. The van der Waals surface area contributed by atoms with Crippen LogP contribution in [0.2, 0.25) is 0 Å². The second kappa shape index (κ2) is 6.16. The summed E-state index contributed by atoms with van der Waals surface area (Å²) in [5, 5.41) is 2.17. The Morgan fingerprint density at radius 2 is 2.00 bits per heavy atom. The van der Waals surface area contributed by atoms with E-state index >= 15 is 0 Å². The number of pyridine rings is 1. The van der Waals surface area contributed by atoms with Crippen LogP contribution in [0.1, 0.15) is 29.7 Å². The fourth-order valence-electron chi connectivity index (χ4n) is 3.12. The Morgan fingerprint density at radius 3 is 2.87 bits per heavy atom. The zero-order chi connectivity index (χ0) is 15.6. The van der Waals surface area contributed by atoms with Crippen molar-refractivity contribution in [2.75, 3.05) is 18.0 Å². The molecule has 1 fully saturated rings. The quantitative estimate of drug-likeness (QED) is 0.801. The number of hydrogen-bond acceptors (Lipinski definition) is 4. The Balaban J connectivity index is 1.59. The van der Waals surface area contributed by atoms with Crippen molar-refractivity contribution in [2.45, 2.75) is 25.7 Å². The molecule has 1 aromatic carbocycles. The lowest BCUT2D eigenvalue weighted by Crippen LogP contribution is -2.29. The minimum Gasteiger partial charge on any atom is -0.348 e. The molecular formula is C18H19N3OS. The van der Waals surface area contributed by atoms with Crippen molar-refractivity contribution in [1.82, 2.24) is 9.97 Å². The second-order valence-electron chi connectivity index (χ2n) is 6.04. The van der Waals surface area contributed by atoms with Gasteiger partial charge < -0.3 is 9.88 Å². The van der Waals surface area contributed by atoms with Crippen molar-refractivity contribution in [2.24, 2.45) is 0 Å². The molecule has 0 bridgehead atoms. The second-order valence-corrected chi connectivity index (χ2v) is 7.14. The highest BCUT2D eigenvalue weighted by molar-refractivity contribution is 7.15. The number of rotatable bonds is 3. The average molecular weight is 325 g/mol. The Hall–Kier alpha value is -2.14. The molecule has 118 valence electrons. The Kier molecular flexibility index (Phi) is 3.87. The molecule has 3 aromatic rings. The van der Waals surface area contributed by atoms with Crippen LogP contribution in [0.25, 0.3) is 10.9 Å². The summed E-state index contributed by atoms with van der Waals surface area (Å²) < 4.78 is 0. The first kappa shape index (κ1) is 14.5.